The molecule has 1 heterocycles. The second-order valence-corrected chi connectivity index (χ2v) is 2.10. The molecule has 2 nitrogen and oxygen atoms in total. The minimum atomic E-state index is 0.965. The fourth-order valence-corrected chi connectivity index (χ4v) is 0.912. The quantitative estimate of drug-likeness (QED) is 0.550. The molecule has 9 heavy (non-hydrogen) atoms. The summed E-state index contributed by atoms with van der Waals surface area (Å²) in [6.45, 7) is 7.00. The van der Waals surface area contributed by atoms with Gasteiger partial charge in [-0.3, -0.25) is 0 Å². The van der Waals surface area contributed by atoms with E-state index < -0.39 is 0 Å². The molecule has 1 radical (unpaired) electrons. The molecule has 0 N–H and O–H groups in total. The van der Waals surface area contributed by atoms with Crippen molar-refractivity contribution in [3.63, 3.8) is 0 Å². The molecule has 0 unspecified atom stereocenters. The number of aromatic nitrogens is 2. The maximum Gasteiger partial charge on any atom is 0.106 e. The van der Waals surface area contributed by atoms with Crippen LogP contribution in [-0.4, -0.2) is 9.55 Å². The molecule has 0 aliphatic heterocycles. The molecule has 49 valence electrons. The predicted octanol–water partition coefficient (Wildman–Crippen LogP) is 1.32. The minimum Gasteiger partial charge on any atom is -0.327 e. The third-order valence-corrected chi connectivity index (χ3v) is 1.33. The fourth-order valence-electron chi connectivity index (χ4n) is 0.912. The van der Waals surface area contributed by atoms with Crippen molar-refractivity contribution in [3.05, 3.63) is 17.7 Å². The first-order valence-electron chi connectivity index (χ1n) is 3.17. The van der Waals surface area contributed by atoms with Crippen molar-refractivity contribution in [1.82, 2.24) is 9.55 Å². The molecule has 0 bridgehead atoms. The topological polar surface area (TPSA) is 17.8 Å². The van der Waals surface area contributed by atoms with Crippen molar-refractivity contribution in [2.24, 2.45) is 0 Å². The van der Waals surface area contributed by atoms with E-state index in [-0.39, 0.29) is 0 Å². The first-order valence-corrected chi connectivity index (χ1v) is 3.17. The zero-order chi connectivity index (χ0) is 6.85. The number of rotatable bonds is 1. The average molecular weight is 123 g/mol. The van der Waals surface area contributed by atoms with E-state index in [4.69, 9.17) is 0 Å². The van der Waals surface area contributed by atoms with Crippen LogP contribution in [0.1, 0.15) is 18.4 Å². The molecule has 0 spiro atoms. The molecule has 0 saturated heterocycles. The van der Waals surface area contributed by atoms with Crippen LogP contribution in [0.2, 0.25) is 0 Å². The van der Waals surface area contributed by atoms with Crippen LogP contribution < -0.4 is 0 Å². The molecule has 2 heteroatoms. The summed E-state index contributed by atoms with van der Waals surface area (Å²) in [7, 11) is 0. The summed E-state index contributed by atoms with van der Waals surface area (Å²) >= 11 is 0. The highest BCUT2D eigenvalue weighted by Gasteiger charge is 1.96. The third-order valence-electron chi connectivity index (χ3n) is 1.33. The van der Waals surface area contributed by atoms with E-state index in [1.807, 2.05) is 18.4 Å². The SMILES string of the molecule is CCn1[c]c(C)nc1C. The summed E-state index contributed by atoms with van der Waals surface area (Å²) in [4.78, 5) is 4.19. The molecular formula is C7H11N2. The zero-order valence-corrected chi connectivity index (χ0v) is 6.10. The van der Waals surface area contributed by atoms with Gasteiger partial charge in [-0.05, 0) is 20.8 Å². The predicted molar refractivity (Wildman–Crippen MR) is 36.2 cm³/mol. The summed E-state index contributed by atoms with van der Waals surface area (Å²) in [5, 5.41) is 0. The van der Waals surface area contributed by atoms with Gasteiger partial charge in [-0.1, -0.05) is 0 Å². The van der Waals surface area contributed by atoms with Gasteiger partial charge in [-0.25, -0.2) is 4.98 Å². The van der Waals surface area contributed by atoms with Gasteiger partial charge in [-0.2, -0.15) is 0 Å². The van der Waals surface area contributed by atoms with Crippen LogP contribution in [0.5, 0.6) is 0 Å². The van der Waals surface area contributed by atoms with E-state index >= 15 is 0 Å². The van der Waals surface area contributed by atoms with E-state index in [0.29, 0.717) is 0 Å². The standard InChI is InChI=1S/C7H11N2/c1-4-9-5-6(2)8-7(9)3/h4H2,1-3H3. The average Bonchev–Trinajstić information content (AvgIpc) is 2.10. The van der Waals surface area contributed by atoms with Crippen molar-refractivity contribution in [1.29, 1.82) is 0 Å². The fraction of sp³-hybridized carbons (Fsp3) is 0.571. The molecule has 0 atom stereocenters. The van der Waals surface area contributed by atoms with Crippen molar-refractivity contribution in [2.75, 3.05) is 0 Å². The molecule has 0 saturated carbocycles. The Labute approximate surface area is 55.5 Å². The lowest BCUT2D eigenvalue weighted by Gasteiger charge is -1.94. The van der Waals surface area contributed by atoms with Crippen LogP contribution in [0, 0.1) is 20.0 Å². The lowest BCUT2D eigenvalue weighted by molar-refractivity contribution is 0.725. The molecular weight excluding hydrogens is 112 g/mol. The lowest BCUT2D eigenvalue weighted by Crippen LogP contribution is -1.94. The highest BCUT2D eigenvalue weighted by molar-refractivity contribution is 4.97. The van der Waals surface area contributed by atoms with Crippen LogP contribution in [0.4, 0.5) is 0 Å². The maximum atomic E-state index is 4.19. The number of aryl methyl sites for hydroxylation is 3. The smallest absolute Gasteiger partial charge is 0.106 e. The van der Waals surface area contributed by atoms with Gasteiger partial charge in [0.15, 0.2) is 0 Å². The Morgan fingerprint density at radius 2 is 2.22 bits per heavy atom. The van der Waals surface area contributed by atoms with Crippen molar-refractivity contribution < 1.29 is 0 Å². The van der Waals surface area contributed by atoms with E-state index in [9.17, 15) is 0 Å². The Kier molecular flexibility index (Phi) is 1.56. The van der Waals surface area contributed by atoms with Crippen LogP contribution in [-0.2, 0) is 6.54 Å². The molecule has 1 aromatic rings. The first-order chi connectivity index (χ1) is 4.24. The van der Waals surface area contributed by atoms with Crippen LogP contribution in [0.25, 0.3) is 0 Å². The summed E-state index contributed by atoms with van der Waals surface area (Å²) in [6.07, 6.45) is 3.10. The second-order valence-electron chi connectivity index (χ2n) is 2.10. The third kappa shape index (κ3) is 1.12. The van der Waals surface area contributed by atoms with Gasteiger partial charge in [0.05, 0.1) is 11.9 Å². The largest absolute Gasteiger partial charge is 0.327 e. The molecule has 1 rings (SSSR count). The number of nitrogens with zero attached hydrogens (tertiary/aromatic N) is 2. The van der Waals surface area contributed by atoms with E-state index in [2.05, 4.69) is 18.1 Å². The number of imidazole rings is 1. The highest BCUT2D eigenvalue weighted by atomic mass is 15.1. The highest BCUT2D eigenvalue weighted by Crippen LogP contribution is 1.97. The molecule has 1 aromatic heterocycles. The molecule has 0 amide bonds. The minimum absolute atomic E-state index is 0.965. The Balaban J connectivity index is 3.01. The molecule has 0 aliphatic carbocycles. The lowest BCUT2D eigenvalue weighted by atomic mass is 10.6. The van der Waals surface area contributed by atoms with Gasteiger partial charge >= 0.3 is 0 Å². The van der Waals surface area contributed by atoms with Gasteiger partial charge < -0.3 is 4.57 Å². The maximum absolute atomic E-state index is 4.19. The van der Waals surface area contributed by atoms with Crippen molar-refractivity contribution in [3.8, 4) is 0 Å². The van der Waals surface area contributed by atoms with Gasteiger partial charge in [0.2, 0.25) is 0 Å². The second kappa shape index (κ2) is 2.21. The van der Waals surface area contributed by atoms with Gasteiger partial charge in [0.25, 0.3) is 0 Å². The Morgan fingerprint density at radius 3 is 2.44 bits per heavy atom. The van der Waals surface area contributed by atoms with Crippen molar-refractivity contribution in [2.45, 2.75) is 27.3 Å². The van der Waals surface area contributed by atoms with E-state index in [0.717, 1.165) is 18.1 Å². The Hall–Kier alpha value is -0.790. The summed E-state index contributed by atoms with van der Waals surface area (Å²) in [5.74, 6) is 1.05. The summed E-state index contributed by atoms with van der Waals surface area (Å²) < 4.78 is 2.01. The van der Waals surface area contributed by atoms with Crippen LogP contribution >= 0.6 is 0 Å². The monoisotopic (exact) mass is 123 g/mol. The molecule has 0 aromatic carbocycles. The van der Waals surface area contributed by atoms with E-state index in [1.54, 1.807) is 0 Å². The van der Waals surface area contributed by atoms with Crippen LogP contribution in [0.3, 0.4) is 0 Å². The van der Waals surface area contributed by atoms with Crippen LogP contribution in [0.15, 0.2) is 0 Å². The summed E-state index contributed by atoms with van der Waals surface area (Å²) in [5.41, 5.74) is 0.981. The van der Waals surface area contributed by atoms with E-state index in [1.165, 1.54) is 0 Å². The Bertz CT molecular complexity index is 201. The van der Waals surface area contributed by atoms with Gasteiger partial charge in [-0.15, -0.1) is 0 Å². The Morgan fingerprint density at radius 1 is 1.56 bits per heavy atom. The number of hydrogen-bond donors (Lipinski definition) is 0. The summed E-state index contributed by atoms with van der Waals surface area (Å²) in [6, 6.07) is 0. The first kappa shape index (κ1) is 6.33. The van der Waals surface area contributed by atoms with Gasteiger partial charge in [0.1, 0.15) is 5.82 Å². The zero-order valence-electron chi connectivity index (χ0n) is 6.10. The van der Waals surface area contributed by atoms with Gasteiger partial charge in [0, 0.05) is 6.54 Å². The van der Waals surface area contributed by atoms with Crippen molar-refractivity contribution >= 4 is 0 Å². The normalized spacial score (nSPS) is 10.1. The molecule has 0 aliphatic rings. The number of hydrogen-bond acceptors (Lipinski definition) is 1. The molecule has 0 fully saturated rings.